The third-order valence-corrected chi connectivity index (χ3v) is 3.19. The molecule has 0 aromatic heterocycles. The maximum atomic E-state index is 10.8. The topological polar surface area (TPSA) is 115 Å². The number of primary sulfonamides is 1. The minimum atomic E-state index is -4.41. The number of benzene rings is 1. The zero-order chi connectivity index (χ0) is 11.0. The van der Waals surface area contributed by atoms with E-state index in [9.17, 15) is 16.8 Å². The van der Waals surface area contributed by atoms with E-state index in [1.165, 1.54) is 6.07 Å². The molecule has 0 radical (unpaired) electrons. The summed E-state index contributed by atoms with van der Waals surface area (Å²) in [6, 6.07) is 4.14. The molecular formula is C6H7NO5S2. The van der Waals surface area contributed by atoms with Gasteiger partial charge in [0.05, 0.1) is 9.79 Å². The lowest BCUT2D eigenvalue weighted by Gasteiger charge is -1.99. The van der Waals surface area contributed by atoms with Gasteiger partial charge in [-0.2, -0.15) is 8.42 Å². The van der Waals surface area contributed by atoms with Gasteiger partial charge in [-0.05, 0) is 18.2 Å². The Balaban J connectivity index is 3.44. The molecule has 14 heavy (non-hydrogen) atoms. The molecule has 0 saturated heterocycles. The normalized spacial score (nSPS) is 12.7. The van der Waals surface area contributed by atoms with E-state index in [1.807, 2.05) is 0 Å². The lowest BCUT2D eigenvalue weighted by Crippen LogP contribution is -2.12. The second-order valence-corrected chi connectivity index (χ2v) is 5.48. The van der Waals surface area contributed by atoms with E-state index < -0.39 is 25.0 Å². The number of sulfonamides is 1. The predicted octanol–water partition coefficient (Wildman–Crippen LogP) is -0.419. The molecule has 0 fully saturated rings. The van der Waals surface area contributed by atoms with E-state index in [-0.39, 0.29) is 4.90 Å². The molecule has 0 aliphatic heterocycles. The number of rotatable bonds is 2. The van der Waals surface area contributed by atoms with E-state index in [1.54, 1.807) is 0 Å². The number of hydrogen-bond acceptors (Lipinski definition) is 4. The van der Waals surface area contributed by atoms with Crippen LogP contribution in [0.15, 0.2) is 34.1 Å². The van der Waals surface area contributed by atoms with Gasteiger partial charge < -0.3 is 0 Å². The zero-order valence-electron chi connectivity index (χ0n) is 6.78. The van der Waals surface area contributed by atoms with Gasteiger partial charge in [-0.1, -0.05) is 6.07 Å². The van der Waals surface area contributed by atoms with Gasteiger partial charge in [0.1, 0.15) is 0 Å². The van der Waals surface area contributed by atoms with Gasteiger partial charge in [0.25, 0.3) is 10.1 Å². The molecule has 0 aliphatic rings. The van der Waals surface area contributed by atoms with Crippen LogP contribution in [0.25, 0.3) is 0 Å². The molecule has 1 rings (SSSR count). The summed E-state index contributed by atoms with van der Waals surface area (Å²) >= 11 is 0. The predicted molar refractivity (Wildman–Crippen MR) is 47.6 cm³/mol. The molecule has 6 nitrogen and oxygen atoms in total. The number of hydrogen-bond donors (Lipinski definition) is 2. The molecule has 8 heteroatoms. The van der Waals surface area contributed by atoms with Crippen LogP contribution < -0.4 is 5.14 Å². The van der Waals surface area contributed by atoms with Crippen molar-refractivity contribution < 1.29 is 21.4 Å². The summed E-state index contributed by atoms with van der Waals surface area (Å²) in [5.41, 5.74) is 0. The molecule has 78 valence electrons. The van der Waals surface area contributed by atoms with Crippen molar-refractivity contribution in [2.75, 3.05) is 0 Å². The Kier molecular flexibility index (Phi) is 2.63. The van der Waals surface area contributed by atoms with Crippen LogP contribution in [0.4, 0.5) is 0 Å². The quantitative estimate of drug-likeness (QED) is 0.678. The van der Waals surface area contributed by atoms with Crippen LogP contribution in [0, 0.1) is 0 Å². The van der Waals surface area contributed by atoms with Crippen LogP contribution in [-0.2, 0) is 20.1 Å². The smallest absolute Gasteiger partial charge is 0.282 e. The first-order valence-electron chi connectivity index (χ1n) is 3.31. The summed E-state index contributed by atoms with van der Waals surface area (Å²) in [6.45, 7) is 0. The highest BCUT2D eigenvalue weighted by Crippen LogP contribution is 2.13. The van der Waals surface area contributed by atoms with Gasteiger partial charge in [0, 0.05) is 0 Å². The summed E-state index contributed by atoms with van der Waals surface area (Å²) < 4.78 is 51.5. The highest BCUT2D eigenvalue weighted by Gasteiger charge is 2.14. The fourth-order valence-electron chi connectivity index (χ4n) is 0.812. The molecule has 0 saturated carbocycles. The van der Waals surface area contributed by atoms with E-state index >= 15 is 0 Å². The molecular weight excluding hydrogens is 230 g/mol. The highest BCUT2D eigenvalue weighted by atomic mass is 32.2. The summed E-state index contributed by atoms with van der Waals surface area (Å²) in [5, 5.41) is 4.76. The molecule has 0 atom stereocenters. The maximum Gasteiger partial charge on any atom is 0.294 e. The molecule has 0 amide bonds. The van der Waals surface area contributed by atoms with Crippen LogP contribution in [0.1, 0.15) is 0 Å². The fourth-order valence-corrected chi connectivity index (χ4v) is 1.97. The minimum Gasteiger partial charge on any atom is -0.282 e. The van der Waals surface area contributed by atoms with E-state index in [0.717, 1.165) is 18.2 Å². The van der Waals surface area contributed by atoms with Crippen LogP contribution >= 0.6 is 0 Å². The third-order valence-electron chi connectivity index (χ3n) is 1.43. The van der Waals surface area contributed by atoms with Crippen molar-refractivity contribution in [3.05, 3.63) is 24.3 Å². The molecule has 0 spiro atoms. The Bertz CT molecular complexity index is 498. The summed E-state index contributed by atoms with van der Waals surface area (Å²) in [5.74, 6) is 0. The van der Waals surface area contributed by atoms with Crippen molar-refractivity contribution in [3.8, 4) is 0 Å². The van der Waals surface area contributed by atoms with Crippen molar-refractivity contribution >= 4 is 20.1 Å². The SMILES string of the molecule is NS(=O)(=O)c1cccc(S(=O)(=O)O)c1. The molecule has 0 bridgehead atoms. The van der Waals surface area contributed by atoms with Crippen LogP contribution in [0.5, 0.6) is 0 Å². The van der Waals surface area contributed by atoms with Gasteiger partial charge in [0.15, 0.2) is 0 Å². The largest absolute Gasteiger partial charge is 0.294 e. The lowest BCUT2D eigenvalue weighted by atomic mass is 10.4. The lowest BCUT2D eigenvalue weighted by molar-refractivity contribution is 0.483. The average molecular weight is 237 g/mol. The van der Waals surface area contributed by atoms with E-state index in [0.29, 0.717) is 0 Å². The Morgan fingerprint density at radius 3 is 2.00 bits per heavy atom. The Hall–Kier alpha value is -0.960. The molecule has 0 unspecified atom stereocenters. The van der Waals surface area contributed by atoms with Gasteiger partial charge in [-0.3, -0.25) is 4.55 Å². The summed E-state index contributed by atoms with van der Waals surface area (Å²) in [4.78, 5) is -0.878. The van der Waals surface area contributed by atoms with E-state index in [4.69, 9.17) is 9.69 Å². The van der Waals surface area contributed by atoms with Crippen molar-refractivity contribution in [1.29, 1.82) is 0 Å². The van der Waals surface area contributed by atoms with Crippen molar-refractivity contribution in [2.24, 2.45) is 5.14 Å². The second-order valence-electron chi connectivity index (χ2n) is 2.49. The monoisotopic (exact) mass is 237 g/mol. The number of nitrogens with two attached hydrogens (primary N) is 1. The summed E-state index contributed by atoms with van der Waals surface area (Å²) in [7, 11) is -8.37. The first kappa shape index (κ1) is 11.1. The average Bonchev–Trinajstić information content (AvgIpc) is 2.01. The first-order chi connectivity index (χ1) is 6.21. The van der Waals surface area contributed by atoms with Gasteiger partial charge in [0.2, 0.25) is 10.0 Å². The third kappa shape index (κ3) is 2.51. The maximum absolute atomic E-state index is 10.8. The first-order valence-corrected chi connectivity index (χ1v) is 6.30. The molecule has 0 heterocycles. The Morgan fingerprint density at radius 2 is 1.57 bits per heavy atom. The molecule has 3 N–H and O–H groups in total. The minimum absolute atomic E-state index is 0.368. The summed E-state index contributed by atoms with van der Waals surface area (Å²) in [6.07, 6.45) is 0. The van der Waals surface area contributed by atoms with Crippen molar-refractivity contribution in [3.63, 3.8) is 0 Å². The van der Waals surface area contributed by atoms with Crippen LogP contribution in [0.3, 0.4) is 0 Å². The van der Waals surface area contributed by atoms with E-state index in [2.05, 4.69) is 0 Å². The van der Waals surface area contributed by atoms with Crippen molar-refractivity contribution in [2.45, 2.75) is 9.79 Å². The van der Waals surface area contributed by atoms with Gasteiger partial charge in [-0.15, -0.1) is 0 Å². The van der Waals surface area contributed by atoms with Crippen molar-refractivity contribution in [1.82, 2.24) is 0 Å². The van der Waals surface area contributed by atoms with Gasteiger partial charge >= 0.3 is 0 Å². The highest BCUT2D eigenvalue weighted by molar-refractivity contribution is 7.89. The standard InChI is InChI=1S/C6H7NO5S2/c7-13(8,9)5-2-1-3-6(4-5)14(10,11)12/h1-4H,(H2,7,8,9)(H,10,11,12). The van der Waals surface area contributed by atoms with Gasteiger partial charge in [-0.25, -0.2) is 13.6 Å². The molecule has 1 aromatic rings. The fraction of sp³-hybridized carbons (Fsp3) is 0. The van der Waals surface area contributed by atoms with Crippen LogP contribution in [-0.4, -0.2) is 21.4 Å². The van der Waals surface area contributed by atoms with Crippen LogP contribution in [0.2, 0.25) is 0 Å². The molecule has 0 aliphatic carbocycles. The Labute approximate surface area is 81.2 Å². The zero-order valence-corrected chi connectivity index (χ0v) is 8.42. The molecule has 1 aromatic carbocycles. The second kappa shape index (κ2) is 3.31. The Morgan fingerprint density at radius 1 is 1.07 bits per heavy atom.